The fourth-order valence-electron chi connectivity index (χ4n) is 1.24. The van der Waals surface area contributed by atoms with E-state index >= 15 is 0 Å². The number of methoxy groups -OCH3 is 1. The number of nitrogens with zero attached hydrogens (tertiary/aromatic N) is 1. The summed E-state index contributed by atoms with van der Waals surface area (Å²) in [7, 11) is 2.94. The summed E-state index contributed by atoms with van der Waals surface area (Å²) in [4.78, 5) is 22.3. The summed E-state index contributed by atoms with van der Waals surface area (Å²) in [6.45, 7) is 2.04. The first-order valence-corrected chi connectivity index (χ1v) is 3.93. The molecule has 0 saturated carbocycles. The van der Waals surface area contributed by atoms with E-state index in [1.54, 1.807) is 6.92 Å². The SMILES string of the molecule is COCC(C)C(C(=O)O)N(C)C=O. The second-order valence-electron chi connectivity index (χ2n) is 2.99. The first-order valence-electron chi connectivity index (χ1n) is 3.93. The van der Waals surface area contributed by atoms with E-state index in [2.05, 4.69) is 0 Å². The van der Waals surface area contributed by atoms with E-state index in [0.29, 0.717) is 13.0 Å². The summed E-state index contributed by atoms with van der Waals surface area (Å²) in [5.41, 5.74) is 0. The van der Waals surface area contributed by atoms with Gasteiger partial charge < -0.3 is 14.7 Å². The summed E-state index contributed by atoms with van der Waals surface area (Å²) in [6.07, 6.45) is 0.505. The Hall–Kier alpha value is -1.10. The number of hydrogen-bond donors (Lipinski definition) is 1. The maximum Gasteiger partial charge on any atom is 0.326 e. The molecule has 0 aliphatic rings. The summed E-state index contributed by atoms with van der Waals surface area (Å²) < 4.78 is 4.82. The van der Waals surface area contributed by atoms with E-state index in [9.17, 15) is 9.59 Å². The normalized spacial score (nSPS) is 14.7. The minimum absolute atomic E-state index is 0.224. The largest absolute Gasteiger partial charge is 0.480 e. The Kier molecular flexibility index (Phi) is 5.06. The van der Waals surface area contributed by atoms with Crippen molar-refractivity contribution in [2.24, 2.45) is 5.92 Å². The maximum absolute atomic E-state index is 10.8. The van der Waals surface area contributed by atoms with Crippen LogP contribution in [-0.4, -0.2) is 49.2 Å². The monoisotopic (exact) mass is 189 g/mol. The lowest BCUT2D eigenvalue weighted by atomic mass is 10.0. The Labute approximate surface area is 77.3 Å². The van der Waals surface area contributed by atoms with E-state index < -0.39 is 12.0 Å². The Morgan fingerprint density at radius 2 is 2.23 bits per heavy atom. The van der Waals surface area contributed by atoms with Crippen LogP contribution in [0.25, 0.3) is 0 Å². The van der Waals surface area contributed by atoms with E-state index in [1.807, 2.05) is 0 Å². The van der Waals surface area contributed by atoms with Gasteiger partial charge in [-0.2, -0.15) is 0 Å². The lowest BCUT2D eigenvalue weighted by molar-refractivity contribution is -0.148. The second-order valence-corrected chi connectivity index (χ2v) is 2.99. The molecule has 2 unspecified atom stereocenters. The summed E-state index contributed by atoms with van der Waals surface area (Å²) in [5, 5.41) is 8.82. The molecule has 0 radical (unpaired) electrons. The van der Waals surface area contributed by atoms with Gasteiger partial charge in [-0.1, -0.05) is 6.92 Å². The second kappa shape index (κ2) is 5.53. The molecule has 5 nitrogen and oxygen atoms in total. The van der Waals surface area contributed by atoms with Gasteiger partial charge in [0.2, 0.25) is 6.41 Å². The predicted octanol–water partition coefficient (Wildman–Crippen LogP) is -0.190. The van der Waals surface area contributed by atoms with Crippen molar-refractivity contribution in [3.8, 4) is 0 Å². The topological polar surface area (TPSA) is 66.8 Å². The third-order valence-corrected chi connectivity index (χ3v) is 1.83. The van der Waals surface area contributed by atoms with Gasteiger partial charge in [0.15, 0.2) is 0 Å². The van der Waals surface area contributed by atoms with Crippen molar-refractivity contribution in [2.75, 3.05) is 20.8 Å². The number of likely N-dealkylation sites (N-methyl/N-ethyl adjacent to an activating group) is 1. The van der Waals surface area contributed by atoms with Crippen molar-refractivity contribution in [1.82, 2.24) is 4.90 Å². The number of rotatable bonds is 6. The Bertz CT molecular complexity index is 183. The number of ether oxygens (including phenoxy) is 1. The molecule has 0 aliphatic carbocycles. The highest BCUT2D eigenvalue weighted by Gasteiger charge is 2.27. The first kappa shape index (κ1) is 11.9. The molecule has 5 heteroatoms. The van der Waals surface area contributed by atoms with Crippen LogP contribution in [0.1, 0.15) is 6.92 Å². The van der Waals surface area contributed by atoms with Crippen LogP contribution in [0.2, 0.25) is 0 Å². The number of carboxylic acid groups (broad SMARTS) is 1. The van der Waals surface area contributed by atoms with Gasteiger partial charge in [-0.05, 0) is 0 Å². The van der Waals surface area contributed by atoms with Gasteiger partial charge in [-0.15, -0.1) is 0 Å². The van der Waals surface area contributed by atoms with Gasteiger partial charge in [0, 0.05) is 20.1 Å². The molecule has 13 heavy (non-hydrogen) atoms. The third-order valence-electron chi connectivity index (χ3n) is 1.83. The van der Waals surface area contributed by atoms with Crippen molar-refractivity contribution in [3.63, 3.8) is 0 Å². The number of carbonyl (C=O) groups is 2. The summed E-state index contributed by atoms with van der Waals surface area (Å²) >= 11 is 0. The Morgan fingerprint density at radius 3 is 2.54 bits per heavy atom. The highest BCUT2D eigenvalue weighted by atomic mass is 16.5. The molecular formula is C8H15NO4. The third kappa shape index (κ3) is 3.42. The fraction of sp³-hybridized carbons (Fsp3) is 0.750. The van der Waals surface area contributed by atoms with Crippen molar-refractivity contribution in [2.45, 2.75) is 13.0 Å². The van der Waals surface area contributed by atoms with Crippen LogP contribution >= 0.6 is 0 Å². The smallest absolute Gasteiger partial charge is 0.326 e. The number of aliphatic carboxylic acids is 1. The van der Waals surface area contributed by atoms with Gasteiger partial charge in [0.1, 0.15) is 6.04 Å². The molecule has 0 aliphatic heterocycles. The average Bonchev–Trinajstić information content (AvgIpc) is 2.04. The van der Waals surface area contributed by atoms with Crippen LogP contribution in [-0.2, 0) is 14.3 Å². The lowest BCUT2D eigenvalue weighted by Crippen LogP contribution is -2.43. The van der Waals surface area contributed by atoms with E-state index in [1.165, 1.54) is 14.2 Å². The van der Waals surface area contributed by atoms with Gasteiger partial charge in [0.25, 0.3) is 0 Å². The molecule has 0 heterocycles. The van der Waals surface area contributed by atoms with Crippen molar-refractivity contribution in [1.29, 1.82) is 0 Å². The zero-order valence-corrected chi connectivity index (χ0v) is 8.06. The average molecular weight is 189 g/mol. The number of amides is 1. The molecule has 0 rings (SSSR count). The number of carboxylic acids is 1. The highest BCUT2D eigenvalue weighted by Crippen LogP contribution is 2.08. The highest BCUT2D eigenvalue weighted by molar-refractivity contribution is 5.76. The Morgan fingerprint density at radius 1 is 1.69 bits per heavy atom. The van der Waals surface area contributed by atoms with E-state index in [4.69, 9.17) is 9.84 Å². The molecule has 0 aromatic rings. The molecule has 0 aromatic carbocycles. The van der Waals surface area contributed by atoms with Crippen LogP contribution in [0.15, 0.2) is 0 Å². The standard InChI is InChI=1S/C8H15NO4/c1-6(4-13-3)7(8(11)12)9(2)5-10/h5-7H,4H2,1-3H3,(H,11,12). The molecular weight excluding hydrogens is 174 g/mol. The minimum Gasteiger partial charge on any atom is -0.480 e. The molecule has 2 atom stereocenters. The minimum atomic E-state index is -1.01. The summed E-state index contributed by atoms with van der Waals surface area (Å²) in [6, 6.07) is -0.822. The van der Waals surface area contributed by atoms with Crippen LogP contribution in [0.3, 0.4) is 0 Å². The number of carbonyl (C=O) groups excluding carboxylic acids is 1. The van der Waals surface area contributed by atoms with Crippen LogP contribution in [0.4, 0.5) is 0 Å². The van der Waals surface area contributed by atoms with Gasteiger partial charge in [0.05, 0.1) is 6.61 Å². The molecule has 0 spiro atoms. The van der Waals surface area contributed by atoms with Crippen molar-refractivity contribution in [3.05, 3.63) is 0 Å². The Balaban J connectivity index is 4.40. The van der Waals surface area contributed by atoms with Crippen LogP contribution in [0, 0.1) is 5.92 Å². The lowest BCUT2D eigenvalue weighted by Gasteiger charge is -2.25. The first-order chi connectivity index (χ1) is 6.04. The molecule has 1 amide bonds. The van der Waals surface area contributed by atoms with E-state index in [0.717, 1.165) is 4.90 Å². The van der Waals surface area contributed by atoms with Crippen molar-refractivity contribution < 1.29 is 19.4 Å². The van der Waals surface area contributed by atoms with Crippen LogP contribution in [0.5, 0.6) is 0 Å². The zero-order chi connectivity index (χ0) is 10.4. The fourth-order valence-corrected chi connectivity index (χ4v) is 1.24. The molecule has 0 aromatic heterocycles. The number of hydrogen-bond acceptors (Lipinski definition) is 3. The van der Waals surface area contributed by atoms with Crippen LogP contribution < -0.4 is 0 Å². The van der Waals surface area contributed by atoms with Gasteiger partial charge in [-0.25, -0.2) is 4.79 Å². The predicted molar refractivity (Wildman–Crippen MR) is 46.3 cm³/mol. The molecule has 0 fully saturated rings. The zero-order valence-electron chi connectivity index (χ0n) is 8.06. The van der Waals surface area contributed by atoms with E-state index in [-0.39, 0.29) is 5.92 Å². The molecule has 76 valence electrons. The summed E-state index contributed by atoms with van der Waals surface area (Å²) in [5.74, 6) is -1.24. The van der Waals surface area contributed by atoms with Crippen molar-refractivity contribution >= 4 is 12.4 Å². The van der Waals surface area contributed by atoms with Gasteiger partial charge >= 0.3 is 5.97 Å². The van der Waals surface area contributed by atoms with Gasteiger partial charge in [-0.3, -0.25) is 4.79 Å². The maximum atomic E-state index is 10.8. The molecule has 0 bridgehead atoms. The quantitative estimate of drug-likeness (QED) is 0.588. The molecule has 0 saturated heterocycles. The molecule has 1 N–H and O–H groups in total.